The van der Waals surface area contributed by atoms with E-state index in [-0.39, 0.29) is 0 Å². The van der Waals surface area contributed by atoms with E-state index in [0.29, 0.717) is 17.3 Å². The number of nitrogen functional groups attached to an aromatic ring is 1. The van der Waals surface area contributed by atoms with E-state index in [1.54, 1.807) is 23.9 Å². The van der Waals surface area contributed by atoms with Crippen LogP contribution in [0.4, 0.5) is 11.4 Å². The average molecular weight is 221 g/mol. The maximum Gasteiger partial charge on any atom is 0.101 e. The van der Waals surface area contributed by atoms with Crippen molar-refractivity contribution in [3.63, 3.8) is 0 Å². The zero-order valence-corrected chi connectivity index (χ0v) is 9.77. The fourth-order valence-electron chi connectivity index (χ4n) is 1.33. The maximum atomic E-state index is 8.72. The largest absolute Gasteiger partial charge is 0.398 e. The van der Waals surface area contributed by atoms with Crippen LogP contribution >= 0.6 is 11.8 Å². The molecule has 80 valence electrons. The number of nitrogens with zero attached hydrogens (tertiary/aromatic N) is 1. The van der Waals surface area contributed by atoms with E-state index in [1.165, 1.54) is 0 Å². The van der Waals surface area contributed by atoms with Crippen LogP contribution in [0.1, 0.15) is 12.5 Å². The van der Waals surface area contributed by atoms with E-state index in [1.807, 2.05) is 12.1 Å². The summed E-state index contributed by atoms with van der Waals surface area (Å²) in [6, 6.07) is 7.86. The number of hydrogen-bond donors (Lipinski definition) is 2. The van der Waals surface area contributed by atoms with Gasteiger partial charge in [0, 0.05) is 17.5 Å². The Morgan fingerprint density at radius 2 is 2.33 bits per heavy atom. The summed E-state index contributed by atoms with van der Waals surface area (Å²) >= 11 is 1.79. The summed E-state index contributed by atoms with van der Waals surface area (Å²) in [5, 5.41) is 12.0. The standard InChI is InChI=1S/C11H15N3S/c1-8(7-15-2)14-10-4-3-9(6-12)11(13)5-10/h3-5,8,14H,7,13H2,1-2H3. The van der Waals surface area contributed by atoms with Gasteiger partial charge >= 0.3 is 0 Å². The topological polar surface area (TPSA) is 61.8 Å². The Bertz CT molecular complexity index is 371. The van der Waals surface area contributed by atoms with E-state index in [2.05, 4.69) is 18.5 Å². The van der Waals surface area contributed by atoms with E-state index >= 15 is 0 Å². The van der Waals surface area contributed by atoms with Crippen molar-refractivity contribution in [2.24, 2.45) is 0 Å². The Balaban J connectivity index is 2.72. The number of nitrogens with one attached hydrogen (secondary N) is 1. The van der Waals surface area contributed by atoms with Crippen molar-refractivity contribution in [3.05, 3.63) is 23.8 Å². The van der Waals surface area contributed by atoms with Gasteiger partial charge in [0.2, 0.25) is 0 Å². The van der Waals surface area contributed by atoms with Gasteiger partial charge in [0.05, 0.1) is 11.3 Å². The van der Waals surface area contributed by atoms with Crippen molar-refractivity contribution in [2.45, 2.75) is 13.0 Å². The lowest BCUT2D eigenvalue weighted by Crippen LogP contribution is -2.17. The molecule has 15 heavy (non-hydrogen) atoms. The highest BCUT2D eigenvalue weighted by molar-refractivity contribution is 7.98. The Hall–Kier alpha value is -1.34. The first-order valence-electron chi connectivity index (χ1n) is 4.72. The van der Waals surface area contributed by atoms with Crippen LogP contribution in [-0.4, -0.2) is 18.1 Å². The fraction of sp³-hybridized carbons (Fsp3) is 0.364. The van der Waals surface area contributed by atoms with Gasteiger partial charge in [-0.15, -0.1) is 0 Å². The Morgan fingerprint density at radius 3 is 2.87 bits per heavy atom. The van der Waals surface area contributed by atoms with E-state index < -0.39 is 0 Å². The Morgan fingerprint density at radius 1 is 1.60 bits per heavy atom. The van der Waals surface area contributed by atoms with Gasteiger partial charge in [0.15, 0.2) is 0 Å². The van der Waals surface area contributed by atoms with Gasteiger partial charge in [-0.1, -0.05) is 0 Å². The minimum Gasteiger partial charge on any atom is -0.398 e. The number of thioether (sulfide) groups is 1. The number of rotatable bonds is 4. The third-order valence-corrected chi connectivity index (χ3v) is 2.84. The van der Waals surface area contributed by atoms with Crippen molar-refractivity contribution >= 4 is 23.1 Å². The van der Waals surface area contributed by atoms with Crippen LogP contribution < -0.4 is 11.1 Å². The zero-order valence-electron chi connectivity index (χ0n) is 8.95. The van der Waals surface area contributed by atoms with E-state index in [9.17, 15) is 0 Å². The molecule has 0 bridgehead atoms. The van der Waals surface area contributed by atoms with Gasteiger partial charge in [-0.3, -0.25) is 0 Å². The van der Waals surface area contributed by atoms with Crippen LogP contribution in [0, 0.1) is 11.3 Å². The molecular weight excluding hydrogens is 206 g/mol. The summed E-state index contributed by atoms with van der Waals surface area (Å²) in [7, 11) is 0. The summed E-state index contributed by atoms with van der Waals surface area (Å²) in [5.74, 6) is 1.04. The summed E-state index contributed by atoms with van der Waals surface area (Å²) in [6.45, 7) is 2.12. The molecule has 0 aliphatic rings. The molecule has 0 fully saturated rings. The molecular formula is C11H15N3S. The molecule has 1 aromatic carbocycles. The molecule has 0 radical (unpaired) electrons. The monoisotopic (exact) mass is 221 g/mol. The molecule has 4 heteroatoms. The van der Waals surface area contributed by atoms with Gasteiger partial charge in [0.25, 0.3) is 0 Å². The van der Waals surface area contributed by atoms with Crippen molar-refractivity contribution in [1.29, 1.82) is 5.26 Å². The van der Waals surface area contributed by atoms with Crippen LogP contribution in [0.25, 0.3) is 0 Å². The minimum atomic E-state index is 0.396. The van der Waals surface area contributed by atoms with Gasteiger partial charge in [-0.2, -0.15) is 17.0 Å². The molecule has 3 N–H and O–H groups in total. The van der Waals surface area contributed by atoms with Crippen molar-refractivity contribution in [2.75, 3.05) is 23.1 Å². The second-order valence-corrected chi connectivity index (χ2v) is 4.33. The van der Waals surface area contributed by atoms with E-state index in [0.717, 1.165) is 11.4 Å². The molecule has 0 heterocycles. The Kier molecular flexibility index (Phi) is 4.32. The Labute approximate surface area is 94.7 Å². The number of hydrogen-bond acceptors (Lipinski definition) is 4. The maximum absolute atomic E-state index is 8.72. The van der Waals surface area contributed by atoms with Crippen molar-refractivity contribution in [1.82, 2.24) is 0 Å². The molecule has 3 nitrogen and oxygen atoms in total. The lowest BCUT2D eigenvalue weighted by molar-refractivity contribution is 0.915. The fourth-order valence-corrected chi connectivity index (χ4v) is 1.91. The quantitative estimate of drug-likeness (QED) is 0.766. The highest BCUT2D eigenvalue weighted by Gasteiger charge is 2.03. The van der Waals surface area contributed by atoms with Crippen LogP contribution in [0.15, 0.2) is 18.2 Å². The first-order chi connectivity index (χ1) is 7.17. The molecule has 1 unspecified atom stereocenters. The van der Waals surface area contributed by atoms with Gasteiger partial charge < -0.3 is 11.1 Å². The third-order valence-electron chi connectivity index (χ3n) is 2.00. The molecule has 1 atom stereocenters. The van der Waals surface area contributed by atoms with Crippen LogP contribution in [0.3, 0.4) is 0 Å². The second kappa shape index (κ2) is 5.52. The molecule has 1 aromatic rings. The number of anilines is 2. The molecule has 0 saturated heterocycles. The summed E-state index contributed by atoms with van der Waals surface area (Å²) in [4.78, 5) is 0. The number of nitrogens with two attached hydrogens (primary N) is 1. The van der Waals surface area contributed by atoms with Crippen LogP contribution in [0.5, 0.6) is 0 Å². The molecule has 0 spiro atoms. The molecule has 0 aliphatic carbocycles. The molecule has 0 amide bonds. The summed E-state index contributed by atoms with van der Waals surface area (Å²) < 4.78 is 0. The first kappa shape index (κ1) is 11.7. The highest BCUT2D eigenvalue weighted by Crippen LogP contribution is 2.18. The predicted octanol–water partition coefficient (Wildman–Crippen LogP) is 2.30. The van der Waals surface area contributed by atoms with Crippen molar-refractivity contribution < 1.29 is 0 Å². The molecule has 1 rings (SSSR count). The first-order valence-corrected chi connectivity index (χ1v) is 6.12. The van der Waals surface area contributed by atoms with Gasteiger partial charge in [-0.05, 0) is 31.4 Å². The lowest BCUT2D eigenvalue weighted by atomic mass is 10.1. The minimum absolute atomic E-state index is 0.396. The molecule has 0 aliphatic heterocycles. The lowest BCUT2D eigenvalue weighted by Gasteiger charge is -2.14. The average Bonchev–Trinajstić information content (AvgIpc) is 2.18. The molecule has 0 saturated carbocycles. The van der Waals surface area contributed by atoms with Crippen LogP contribution in [0.2, 0.25) is 0 Å². The summed E-state index contributed by atoms with van der Waals surface area (Å²) in [6.07, 6.45) is 2.07. The number of benzene rings is 1. The summed E-state index contributed by atoms with van der Waals surface area (Å²) in [5.41, 5.74) is 7.73. The smallest absolute Gasteiger partial charge is 0.101 e. The third kappa shape index (κ3) is 3.37. The number of nitriles is 1. The molecule has 0 aromatic heterocycles. The second-order valence-electron chi connectivity index (χ2n) is 3.41. The highest BCUT2D eigenvalue weighted by atomic mass is 32.2. The zero-order chi connectivity index (χ0) is 11.3. The normalized spacial score (nSPS) is 11.8. The SMILES string of the molecule is CSCC(C)Nc1ccc(C#N)c(N)c1. The van der Waals surface area contributed by atoms with Gasteiger partial charge in [0.1, 0.15) is 6.07 Å². The van der Waals surface area contributed by atoms with Crippen LogP contribution in [-0.2, 0) is 0 Å². The van der Waals surface area contributed by atoms with Gasteiger partial charge in [-0.25, -0.2) is 0 Å². The van der Waals surface area contributed by atoms with E-state index in [4.69, 9.17) is 11.0 Å². The predicted molar refractivity (Wildman–Crippen MR) is 67.0 cm³/mol. The van der Waals surface area contributed by atoms with Crippen molar-refractivity contribution in [3.8, 4) is 6.07 Å².